The third kappa shape index (κ3) is 40.9. The summed E-state index contributed by atoms with van der Waals surface area (Å²) < 4.78 is 0. The molecule has 3 amide bonds. The first-order valence-electron chi connectivity index (χ1n) is 31.0. The van der Waals surface area contributed by atoms with Gasteiger partial charge >= 0.3 is 0 Å². The highest BCUT2D eigenvalue weighted by atomic mass is 16.2. The maximum atomic E-state index is 14.2. The number of amides is 3. The zero-order valence-electron chi connectivity index (χ0n) is 46.5. The summed E-state index contributed by atoms with van der Waals surface area (Å²) in [5.74, 6) is -0.944. The van der Waals surface area contributed by atoms with E-state index in [1.165, 1.54) is 270 Å². The van der Waals surface area contributed by atoms with Crippen molar-refractivity contribution in [3.8, 4) is 0 Å². The number of carbonyl (C=O) groups is 3. The fourth-order valence-electron chi connectivity index (χ4n) is 10.2. The molecule has 0 unspecified atom stereocenters. The first kappa shape index (κ1) is 64.6. The van der Waals surface area contributed by atoms with Crippen LogP contribution in [0, 0.1) is 0 Å². The Bertz CT molecular complexity index is 1260. The number of nitrogens with zero attached hydrogens (tertiary/aromatic N) is 1. The lowest BCUT2D eigenvalue weighted by Gasteiger charge is -2.23. The molecule has 1 aromatic carbocycles. The molecule has 0 spiro atoms. The minimum absolute atomic E-state index is 0.0909. The molecule has 6 heteroatoms. The second-order valence-electron chi connectivity index (χ2n) is 21.6. The Hall–Kier alpha value is -2.37. The molecular formula is C63H117N3O3. The first-order chi connectivity index (χ1) is 33.9. The van der Waals surface area contributed by atoms with Crippen molar-refractivity contribution in [2.75, 3.05) is 19.6 Å². The smallest absolute Gasteiger partial charge is 0.253 e. The third-order valence-corrected chi connectivity index (χ3v) is 14.9. The van der Waals surface area contributed by atoms with E-state index < -0.39 is 5.91 Å². The summed E-state index contributed by atoms with van der Waals surface area (Å²) in [5, 5.41) is 3.06. The van der Waals surface area contributed by atoms with Gasteiger partial charge in [-0.3, -0.25) is 14.4 Å². The normalized spacial score (nSPS) is 11.4. The van der Waals surface area contributed by atoms with E-state index in [0.29, 0.717) is 30.8 Å². The number of nitrogens with one attached hydrogen (secondary N) is 1. The fraction of sp³-hybridized carbons (Fsp3) is 0.857. The molecule has 69 heavy (non-hydrogen) atoms. The lowest BCUT2D eigenvalue weighted by molar-refractivity contribution is 0.0749. The summed E-state index contributed by atoms with van der Waals surface area (Å²) in [6.45, 7) is 8.86. The first-order valence-corrected chi connectivity index (χ1v) is 31.0. The van der Waals surface area contributed by atoms with Crippen LogP contribution in [0.4, 0.5) is 0 Å². The number of hydrogen-bond donors (Lipinski definition) is 2. The van der Waals surface area contributed by atoms with Crippen LogP contribution in [-0.2, 0) is 0 Å². The molecule has 1 rings (SSSR count). The lowest BCUT2D eigenvalue weighted by atomic mass is 10.0. The molecule has 0 saturated heterocycles. The topological polar surface area (TPSA) is 92.5 Å². The number of benzene rings is 1. The van der Waals surface area contributed by atoms with Crippen LogP contribution < -0.4 is 11.1 Å². The molecule has 0 heterocycles. The van der Waals surface area contributed by atoms with Crippen LogP contribution in [0.5, 0.6) is 0 Å². The van der Waals surface area contributed by atoms with Gasteiger partial charge in [0.15, 0.2) is 0 Å². The fourth-order valence-corrected chi connectivity index (χ4v) is 10.2. The Morgan fingerprint density at radius 3 is 0.841 bits per heavy atom. The van der Waals surface area contributed by atoms with Crippen LogP contribution in [0.2, 0.25) is 0 Å². The molecule has 0 aromatic heterocycles. The molecule has 0 bridgehead atoms. The minimum atomic E-state index is -0.612. The van der Waals surface area contributed by atoms with Crippen molar-refractivity contribution in [1.82, 2.24) is 10.2 Å². The Labute approximate surface area is 429 Å². The van der Waals surface area contributed by atoms with Crippen molar-refractivity contribution < 1.29 is 14.4 Å². The molecule has 0 saturated carbocycles. The quantitative estimate of drug-likeness (QED) is 0.0637. The van der Waals surface area contributed by atoms with Crippen LogP contribution in [0.25, 0.3) is 0 Å². The van der Waals surface area contributed by atoms with Gasteiger partial charge in [-0.2, -0.15) is 0 Å². The van der Waals surface area contributed by atoms with Crippen LogP contribution in [-0.4, -0.2) is 42.3 Å². The van der Waals surface area contributed by atoms with E-state index in [1.54, 1.807) is 18.2 Å². The van der Waals surface area contributed by atoms with E-state index in [9.17, 15) is 14.4 Å². The summed E-state index contributed by atoms with van der Waals surface area (Å²) in [6.07, 6.45) is 63.3. The van der Waals surface area contributed by atoms with Crippen molar-refractivity contribution in [1.29, 1.82) is 0 Å². The van der Waals surface area contributed by atoms with E-state index in [-0.39, 0.29) is 17.4 Å². The van der Waals surface area contributed by atoms with Gasteiger partial charge in [-0.05, 0) is 37.5 Å². The average Bonchev–Trinajstić information content (AvgIpc) is 3.35. The molecule has 0 fully saturated rings. The molecule has 1 aromatic rings. The molecular weight excluding hydrogens is 847 g/mol. The highest BCUT2D eigenvalue weighted by molar-refractivity contribution is 6.04. The summed E-state index contributed by atoms with van der Waals surface area (Å²) in [7, 11) is 0. The third-order valence-electron chi connectivity index (χ3n) is 14.9. The number of rotatable bonds is 54. The van der Waals surface area contributed by atoms with Gasteiger partial charge in [0.1, 0.15) is 0 Å². The molecule has 0 aliphatic rings. The van der Waals surface area contributed by atoms with Gasteiger partial charge in [0, 0.05) is 36.3 Å². The minimum Gasteiger partial charge on any atom is -0.366 e. The van der Waals surface area contributed by atoms with Crippen molar-refractivity contribution in [3.63, 3.8) is 0 Å². The maximum Gasteiger partial charge on any atom is 0.253 e. The summed E-state index contributed by atoms with van der Waals surface area (Å²) in [5.41, 5.74) is 6.74. The molecule has 0 radical (unpaired) electrons. The van der Waals surface area contributed by atoms with E-state index in [1.807, 2.05) is 4.90 Å². The molecule has 3 N–H and O–H groups in total. The Balaban J connectivity index is 2.54. The molecule has 0 atom stereocenters. The van der Waals surface area contributed by atoms with Crippen molar-refractivity contribution in [2.24, 2.45) is 5.73 Å². The van der Waals surface area contributed by atoms with Crippen molar-refractivity contribution >= 4 is 17.7 Å². The Morgan fingerprint density at radius 1 is 0.333 bits per heavy atom. The highest BCUT2D eigenvalue weighted by Crippen LogP contribution is 2.20. The Kier molecular flexibility index (Phi) is 47.4. The maximum absolute atomic E-state index is 14.2. The van der Waals surface area contributed by atoms with Gasteiger partial charge in [-0.25, -0.2) is 0 Å². The second kappa shape index (κ2) is 50.6. The summed E-state index contributed by atoms with van der Waals surface area (Å²) >= 11 is 0. The van der Waals surface area contributed by atoms with Gasteiger partial charge in [-0.1, -0.05) is 310 Å². The zero-order chi connectivity index (χ0) is 49.9. The molecule has 0 aliphatic heterocycles. The number of primary amides is 1. The van der Waals surface area contributed by atoms with Gasteiger partial charge < -0.3 is 16.0 Å². The second-order valence-corrected chi connectivity index (χ2v) is 21.6. The number of nitrogens with two attached hydrogens (primary N) is 1. The summed E-state index contributed by atoms with van der Waals surface area (Å²) in [6, 6.07) is 4.84. The number of carbonyl (C=O) groups excluding carboxylic acids is 3. The number of hydrogen-bond acceptors (Lipinski definition) is 3. The van der Waals surface area contributed by atoms with E-state index in [2.05, 4.69) is 26.1 Å². The van der Waals surface area contributed by atoms with Gasteiger partial charge in [0.2, 0.25) is 5.91 Å². The van der Waals surface area contributed by atoms with Crippen molar-refractivity contribution in [3.05, 3.63) is 34.9 Å². The molecule has 402 valence electrons. The largest absolute Gasteiger partial charge is 0.366 e. The molecule has 6 nitrogen and oxygen atoms in total. The van der Waals surface area contributed by atoms with E-state index in [4.69, 9.17) is 5.73 Å². The zero-order valence-corrected chi connectivity index (χ0v) is 46.5. The predicted octanol–water partition coefficient (Wildman–Crippen LogP) is 19.7. The van der Waals surface area contributed by atoms with Gasteiger partial charge in [-0.15, -0.1) is 0 Å². The van der Waals surface area contributed by atoms with Crippen LogP contribution in [0.15, 0.2) is 18.2 Å². The lowest BCUT2D eigenvalue weighted by Crippen LogP contribution is -2.34. The summed E-state index contributed by atoms with van der Waals surface area (Å²) in [4.78, 5) is 42.1. The van der Waals surface area contributed by atoms with Crippen LogP contribution in [0.3, 0.4) is 0 Å². The Morgan fingerprint density at radius 2 is 0.565 bits per heavy atom. The van der Waals surface area contributed by atoms with Gasteiger partial charge in [0.05, 0.1) is 0 Å². The number of unbranched alkanes of at least 4 members (excludes halogenated alkanes) is 45. The molecule has 0 aliphatic carbocycles. The highest BCUT2D eigenvalue weighted by Gasteiger charge is 2.20. The SMILES string of the molecule is CCCCCCCCCCCCCCCCCCNC(=O)c1cc(C(N)=O)cc(C(=O)N(CCCCCCCCCCCCCCCCCC)CCCCCCCCCCCCCCCCCC)c1. The standard InChI is InChI=1S/C63H117N3O3/c1-4-7-10-13-16-19-22-25-28-31-34-37-40-43-46-49-52-65-62(68)59-55-58(61(64)67)56-60(57-59)63(69)66(53-50-47-44-41-38-35-32-29-26-23-20-17-14-11-8-5-2)54-51-48-45-42-39-36-33-30-27-24-21-18-15-12-9-6-3/h55-57H,4-54H2,1-3H3,(H2,64,67)(H,65,68). The monoisotopic (exact) mass is 964 g/mol. The van der Waals surface area contributed by atoms with Crippen LogP contribution in [0.1, 0.15) is 360 Å². The van der Waals surface area contributed by atoms with E-state index >= 15 is 0 Å². The van der Waals surface area contributed by atoms with Gasteiger partial charge in [0.25, 0.3) is 11.8 Å². The van der Waals surface area contributed by atoms with E-state index in [0.717, 1.165) is 38.5 Å². The average molecular weight is 965 g/mol. The van der Waals surface area contributed by atoms with Crippen molar-refractivity contribution in [2.45, 2.75) is 329 Å². The predicted molar refractivity (Wildman–Crippen MR) is 302 cm³/mol. The van der Waals surface area contributed by atoms with Crippen LogP contribution >= 0.6 is 0 Å².